The van der Waals surface area contributed by atoms with Gasteiger partial charge in [0.2, 0.25) is 0 Å². The number of rotatable bonds is 8. The lowest BCUT2D eigenvalue weighted by Gasteiger charge is -2.23. The lowest BCUT2D eigenvalue weighted by atomic mass is 10.1. The summed E-state index contributed by atoms with van der Waals surface area (Å²) in [5.74, 6) is -1.27. The average molecular weight is 283 g/mol. The Hall–Kier alpha value is -1.00. The van der Waals surface area contributed by atoms with Crippen LogP contribution in [0, 0.1) is 11.6 Å². The van der Waals surface area contributed by atoms with Crippen molar-refractivity contribution < 1.29 is 13.9 Å². The first-order valence-electron chi connectivity index (χ1n) is 7.48. The molecule has 1 unspecified atom stereocenters. The highest BCUT2D eigenvalue weighted by Crippen LogP contribution is 2.28. The summed E-state index contributed by atoms with van der Waals surface area (Å²) in [6, 6.07) is 3.90. The molecule has 1 fully saturated rings. The fraction of sp³-hybridized carbons (Fsp3) is 0.625. The van der Waals surface area contributed by atoms with Gasteiger partial charge in [-0.1, -0.05) is 13.3 Å². The topological polar surface area (TPSA) is 23.5 Å². The van der Waals surface area contributed by atoms with Crippen molar-refractivity contribution in [3.63, 3.8) is 0 Å². The molecule has 2 rings (SSSR count). The fourth-order valence-electron chi connectivity index (χ4n) is 2.50. The van der Waals surface area contributed by atoms with E-state index in [4.69, 9.17) is 0 Å². The second kappa shape index (κ2) is 7.14. The second-order valence-electron chi connectivity index (χ2n) is 5.63. The highest BCUT2D eigenvalue weighted by Gasteiger charge is 2.28. The molecule has 2 nitrogen and oxygen atoms in total. The van der Waals surface area contributed by atoms with Crippen LogP contribution >= 0.6 is 0 Å². The monoisotopic (exact) mass is 283 g/mol. The highest BCUT2D eigenvalue weighted by molar-refractivity contribution is 5.20. The van der Waals surface area contributed by atoms with Crippen LogP contribution in [-0.4, -0.2) is 29.1 Å². The van der Waals surface area contributed by atoms with E-state index in [0.29, 0.717) is 18.0 Å². The minimum Gasteiger partial charge on any atom is -0.388 e. The Labute approximate surface area is 119 Å². The van der Waals surface area contributed by atoms with Crippen LogP contribution in [0.3, 0.4) is 0 Å². The molecule has 0 radical (unpaired) electrons. The lowest BCUT2D eigenvalue weighted by molar-refractivity contribution is 0.138. The quantitative estimate of drug-likeness (QED) is 0.787. The number of benzene rings is 1. The molecule has 1 N–H and O–H groups in total. The number of nitrogens with zero attached hydrogens (tertiary/aromatic N) is 1. The van der Waals surface area contributed by atoms with Gasteiger partial charge in [0.25, 0.3) is 0 Å². The molecule has 1 aliphatic carbocycles. The van der Waals surface area contributed by atoms with Crippen molar-refractivity contribution in [3.8, 4) is 0 Å². The summed E-state index contributed by atoms with van der Waals surface area (Å²) in [6.07, 6.45) is 4.48. The first kappa shape index (κ1) is 15.4. The molecule has 1 aliphatic rings. The van der Waals surface area contributed by atoms with Crippen LogP contribution in [0.2, 0.25) is 0 Å². The molecule has 0 amide bonds. The average Bonchev–Trinajstić information content (AvgIpc) is 3.22. The number of unbranched alkanes of at least 4 members (excludes halogenated alkanes) is 1. The summed E-state index contributed by atoms with van der Waals surface area (Å²) >= 11 is 0. The molecule has 20 heavy (non-hydrogen) atoms. The molecule has 4 heteroatoms. The minimum absolute atomic E-state index is 0.328. The van der Waals surface area contributed by atoms with E-state index >= 15 is 0 Å². The van der Waals surface area contributed by atoms with Crippen LogP contribution < -0.4 is 0 Å². The molecule has 0 bridgehead atoms. The van der Waals surface area contributed by atoms with Crippen LogP contribution in [0.1, 0.15) is 50.7 Å². The minimum atomic E-state index is -0.803. The molecule has 112 valence electrons. The normalized spacial score (nSPS) is 16.6. The van der Waals surface area contributed by atoms with E-state index in [0.717, 1.165) is 32.0 Å². The van der Waals surface area contributed by atoms with E-state index in [-0.39, 0.29) is 0 Å². The maximum atomic E-state index is 13.1. The summed E-state index contributed by atoms with van der Waals surface area (Å²) < 4.78 is 26.3. The maximum absolute atomic E-state index is 13.1. The third kappa shape index (κ3) is 4.53. The van der Waals surface area contributed by atoms with E-state index < -0.39 is 17.7 Å². The molecular formula is C16H23F2NO. The first-order chi connectivity index (χ1) is 9.60. The Morgan fingerprint density at radius 1 is 1.20 bits per heavy atom. The van der Waals surface area contributed by atoms with Crippen LogP contribution in [0.15, 0.2) is 18.2 Å². The van der Waals surface area contributed by atoms with E-state index in [1.807, 2.05) is 0 Å². The molecule has 1 aromatic rings. The van der Waals surface area contributed by atoms with Crippen molar-refractivity contribution in [2.24, 2.45) is 0 Å². The Morgan fingerprint density at radius 3 is 2.40 bits per heavy atom. The van der Waals surface area contributed by atoms with Crippen LogP contribution in [0.5, 0.6) is 0 Å². The van der Waals surface area contributed by atoms with Gasteiger partial charge >= 0.3 is 0 Å². The summed E-state index contributed by atoms with van der Waals surface area (Å²) in [6.45, 7) is 3.99. The van der Waals surface area contributed by atoms with Crippen molar-refractivity contribution in [1.29, 1.82) is 0 Å². The van der Waals surface area contributed by atoms with Gasteiger partial charge in [0.15, 0.2) is 0 Å². The standard InChI is InChI=1S/C16H23F2NO/c1-2-3-7-19(15-4-5-15)8-6-16(20)12-9-13(17)11-14(18)10-12/h9-11,15-16,20H,2-8H2,1H3. The molecule has 0 aliphatic heterocycles. The van der Waals surface area contributed by atoms with Gasteiger partial charge in [-0.05, 0) is 49.9 Å². The lowest BCUT2D eigenvalue weighted by Crippen LogP contribution is -2.29. The predicted octanol–water partition coefficient (Wildman–Crippen LogP) is 3.65. The summed E-state index contributed by atoms with van der Waals surface area (Å²) in [7, 11) is 0. The molecule has 0 saturated heterocycles. The summed E-state index contributed by atoms with van der Waals surface area (Å²) in [5.41, 5.74) is 0.328. The SMILES string of the molecule is CCCCN(CCC(O)c1cc(F)cc(F)c1)C1CC1. The maximum Gasteiger partial charge on any atom is 0.126 e. The van der Waals surface area contributed by atoms with Crippen molar-refractivity contribution in [1.82, 2.24) is 4.90 Å². The third-order valence-electron chi connectivity index (χ3n) is 3.82. The van der Waals surface area contributed by atoms with Gasteiger partial charge in [0.1, 0.15) is 11.6 Å². The largest absolute Gasteiger partial charge is 0.388 e. The van der Waals surface area contributed by atoms with Gasteiger partial charge in [0.05, 0.1) is 6.10 Å². The van der Waals surface area contributed by atoms with E-state index in [1.54, 1.807) is 0 Å². The molecule has 1 saturated carbocycles. The third-order valence-corrected chi connectivity index (χ3v) is 3.82. The first-order valence-corrected chi connectivity index (χ1v) is 7.48. The van der Waals surface area contributed by atoms with Gasteiger partial charge in [-0.15, -0.1) is 0 Å². The van der Waals surface area contributed by atoms with Gasteiger partial charge in [-0.25, -0.2) is 8.78 Å². The van der Waals surface area contributed by atoms with E-state index in [9.17, 15) is 13.9 Å². The molecule has 1 aromatic carbocycles. The predicted molar refractivity (Wildman–Crippen MR) is 75.4 cm³/mol. The zero-order chi connectivity index (χ0) is 14.5. The van der Waals surface area contributed by atoms with Gasteiger partial charge in [0, 0.05) is 18.7 Å². The Balaban J connectivity index is 1.87. The fourth-order valence-corrected chi connectivity index (χ4v) is 2.50. The summed E-state index contributed by atoms with van der Waals surface area (Å²) in [5, 5.41) is 10.1. The van der Waals surface area contributed by atoms with Gasteiger partial charge in [-0.3, -0.25) is 0 Å². The number of hydrogen-bond acceptors (Lipinski definition) is 2. The van der Waals surface area contributed by atoms with Gasteiger partial charge in [-0.2, -0.15) is 0 Å². The van der Waals surface area contributed by atoms with Crippen LogP contribution in [-0.2, 0) is 0 Å². The number of aliphatic hydroxyl groups is 1. The molecule has 0 aromatic heterocycles. The Bertz CT molecular complexity index is 414. The smallest absolute Gasteiger partial charge is 0.126 e. The van der Waals surface area contributed by atoms with Crippen molar-refractivity contribution in [2.45, 2.75) is 51.2 Å². The van der Waals surface area contributed by atoms with Crippen molar-refractivity contribution >= 4 is 0 Å². The van der Waals surface area contributed by atoms with Crippen molar-refractivity contribution in [2.75, 3.05) is 13.1 Å². The van der Waals surface area contributed by atoms with Crippen molar-refractivity contribution in [3.05, 3.63) is 35.4 Å². The second-order valence-corrected chi connectivity index (χ2v) is 5.63. The molecular weight excluding hydrogens is 260 g/mol. The number of aliphatic hydroxyl groups excluding tert-OH is 1. The molecule has 0 heterocycles. The Morgan fingerprint density at radius 2 is 1.85 bits per heavy atom. The molecule has 0 spiro atoms. The van der Waals surface area contributed by atoms with Crippen LogP contribution in [0.4, 0.5) is 8.78 Å². The van der Waals surface area contributed by atoms with E-state index in [2.05, 4.69) is 11.8 Å². The van der Waals surface area contributed by atoms with Crippen LogP contribution in [0.25, 0.3) is 0 Å². The number of halogens is 2. The zero-order valence-corrected chi connectivity index (χ0v) is 12.0. The van der Waals surface area contributed by atoms with E-state index in [1.165, 1.54) is 25.0 Å². The number of hydrogen-bond donors (Lipinski definition) is 1. The molecule has 1 atom stereocenters. The summed E-state index contributed by atoms with van der Waals surface area (Å²) in [4.78, 5) is 2.39. The highest BCUT2D eigenvalue weighted by atomic mass is 19.1. The van der Waals surface area contributed by atoms with Gasteiger partial charge < -0.3 is 10.0 Å². The Kier molecular flexibility index (Phi) is 5.49. The zero-order valence-electron chi connectivity index (χ0n) is 12.0.